The van der Waals surface area contributed by atoms with Crippen LogP contribution in [-0.2, 0) is 9.53 Å². The number of hydrogen-bond acceptors (Lipinski definition) is 3. The Morgan fingerprint density at radius 2 is 1.58 bits per heavy atom. The number of esters is 1. The van der Waals surface area contributed by atoms with Crippen LogP contribution in [0.2, 0.25) is 0 Å². The van der Waals surface area contributed by atoms with Crippen molar-refractivity contribution in [1.82, 2.24) is 4.90 Å². The first kappa shape index (κ1) is 14.8. The lowest BCUT2D eigenvalue weighted by Gasteiger charge is -2.49. The first-order valence-corrected chi connectivity index (χ1v) is 7.80. The SMILES string of the molecule is CC(=O)OC1C2CCCCCC1CN(C(C)(C)C)C2. The predicted octanol–water partition coefficient (Wildman–Crippen LogP) is 3.23. The molecular formula is C16H29NO2. The summed E-state index contributed by atoms with van der Waals surface area (Å²) in [5, 5.41) is 0. The zero-order chi connectivity index (χ0) is 14.0. The van der Waals surface area contributed by atoms with E-state index in [0.717, 1.165) is 13.1 Å². The van der Waals surface area contributed by atoms with Gasteiger partial charge in [0.25, 0.3) is 0 Å². The van der Waals surface area contributed by atoms with Crippen molar-refractivity contribution < 1.29 is 9.53 Å². The molecule has 19 heavy (non-hydrogen) atoms. The smallest absolute Gasteiger partial charge is 0.302 e. The van der Waals surface area contributed by atoms with Crippen LogP contribution in [0.5, 0.6) is 0 Å². The molecule has 0 aromatic rings. The summed E-state index contributed by atoms with van der Waals surface area (Å²) >= 11 is 0. The van der Waals surface area contributed by atoms with Crippen molar-refractivity contribution in [1.29, 1.82) is 0 Å². The largest absolute Gasteiger partial charge is 0.462 e. The van der Waals surface area contributed by atoms with Gasteiger partial charge in [-0.3, -0.25) is 9.69 Å². The number of nitrogens with zero attached hydrogens (tertiary/aromatic N) is 1. The Hall–Kier alpha value is -0.570. The van der Waals surface area contributed by atoms with E-state index in [1.165, 1.54) is 32.1 Å². The van der Waals surface area contributed by atoms with Crippen LogP contribution >= 0.6 is 0 Å². The van der Waals surface area contributed by atoms with Gasteiger partial charge in [0.1, 0.15) is 6.10 Å². The van der Waals surface area contributed by atoms with Gasteiger partial charge in [-0.25, -0.2) is 0 Å². The van der Waals surface area contributed by atoms with Gasteiger partial charge in [0.05, 0.1) is 0 Å². The highest BCUT2D eigenvalue weighted by Gasteiger charge is 2.41. The van der Waals surface area contributed by atoms with Crippen LogP contribution in [-0.4, -0.2) is 35.6 Å². The summed E-state index contributed by atoms with van der Waals surface area (Å²) in [5.41, 5.74) is 0.219. The van der Waals surface area contributed by atoms with E-state index in [-0.39, 0.29) is 17.6 Å². The minimum Gasteiger partial charge on any atom is -0.462 e. The number of fused-ring (bicyclic) bond motifs is 2. The molecule has 110 valence electrons. The molecule has 0 spiro atoms. The normalized spacial score (nSPS) is 33.4. The zero-order valence-electron chi connectivity index (χ0n) is 12.9. The average molecular weight is 267 g/mol. The number of rotatable bonds is 1. The van der Waals surface area contributed by atoms with Crippen molar-refractivity contribution in [2.45, 2.75) is 71.4 Å². The predicted molar refractivity (Wildman–Crippen MR) is 76.9 cm³/mol. The average Bonchev–Trinajstić information content (AvgIpc) is 2.29. The van der Waals surface area contributed by atoms with Crippen molar-refractivity contribution in [3.63, 3.8) is 0 Å². The van der Waals surface area contributed by atoms with Crippen molar-refractivity contribution in [3.05, 3.63) is 0 Å². The molecule has 2 unspecified atom stereocenters. The monoisotopic (exact) mass is 267 g/mol. The van der Waals surface area contributed by atoms with Crippen LogP contribution < -0.4 is 0 Å². The van der Waals surface area contributed by atoms with Crippen molar-refractivity contribution in [2.24, 2.45) is 11.8 Å². The van der Waals surface area contributed by atoms with Gasteiger partial charge in [0.2, 0.25) is 0 Å². The second kappa shape index (κ2) is 5.82. The van der Waals surface area contributed by atoms with E-state index in [0.29, 0.717) is 11.8 Å². The van der Waals surface area contributed by atoms with E-state index in [1.807, 2.05) is 0 Å². The molecule has 2 rings (SSSR count). The van der Waals surface area contributed by atoms with Gasteiger partial charge in [-0.05, 0) is 33.6 Å². The van der Waals surface area contributed by atoms with Crippen LogP contribution in [0, 0.1) is 11.8 Å². The first-order valence-electron chi connectivity index (χ1n) is 7.80. The van der Waals surface area contributed by atoms with Crippen LogP contribution in [0.25, 0.3) is 0 Å². The van der Waals surface area contributed by atoms with Gasteiger partial charge in [-0.2, -0.15) is 0 Å². The number of carbonyl (C=O) groups excluding carboxylic acids is 1. The summed E-state index contributed by atoms with van der Waals surface area (Å²) in [6, 6.07) is 0. The van der Waals surface area contributed by atoms with Gasteiger partial charge in [0, 0.05) is 37.4 Å². The number of likely N-dealkylation sites (tertiary alicyclic amines) is 1. The topological polar surface area (TPSA) is 29.5 Å². The molecule has 2 atom stereocenters. The molecule has 0 radical (unpaired) electrons. The second-order valence-corrected chi connectivity index (χ2v) is 7.31. The lowest BCUT2D eigenvalue weighted by atomic mass is 9.76. The van der Waals surface area contributed by atoms with Crippen molar-refractivity contribution in [2.75, 3.05) is 13.1 Å². The Bertz CT molecular complexity index is 305. The molecule has 1 saturated heterocycles. The van der Waals surface area contributed by atoms with Gasteiger partial charge in [-0.1, -0.05) is 19.3 Å². The Balaban J connectivity index is 2.15. The van der Waals surface area contributed by atoms with E-state index in [4.69, 9.17) is 4.74 Å². The molecule has 3 nitrogen and oxygen atoms in total. The van der Waals surface area contributed by atoms with Gasteiger partial charge in [-0.15, -0.1) is 0 Å². The molecule has 3 heteroatoms. The summed E-state index contributed by atoms with van der Waals surface area (Å²) in [7, 11) is 0. The highest BCUT2D eigenvalue weighted by atomic mass is 16.5. The molecule has 2 fully saturated rings. The minimum atomic E-state index is -0.107. The standard InChI is InChI=1S/C16H29NO2/c1-12(18)19-15-13-8-6-5-7-9-14(15)11-17(10-13)16(2,3)4/h13-15H,5-11H2,1-4H3. The van der Waals surface area contributed by atoms with E-state index in [1.54, 1.807) is 6.92 Å². The van der Waals surface area contributed by atoms with Crippen LogP contribution in [0.3, 0.4) is 0 Å². The number of ether oxygens (including phenoxy) is 1. The lowest BCUT2D eigenvalue weighted by molar-refractivity contribution is -0.160. The van der Waals surface area contributed by atoms with E-state index in [2.05, 4.69) is 25.7 Å². The molecule has 2 aliphatic rings. The van der Waals surface area contributed by atoms with Crippen LogP contribution in [0.4, 0.5) is 0 Å². The Morgan fingerprint density at radius 3 is 2.00 bits per heavy atom. The molecule has 2 bridgehead atoms. The highest BCUT2D eigenvalue weighted by molar-refractivity contribution is 5.66. The molecule has 0 N–H and O–H groups in total. The van der Waals surface area contributed by atoms with Crippen molar-refractivity contribution in [3.8, 4) is 0 Å². The third kappa shape index (κ3) is 3.71. The maximum Gasteiger partial charge on any atom is 0.302 e. The summed E-state index contributed by atoms with van der Waals surface area (Å²) in [4.78, 5) is 14.0. The quantitative estimate of drug-likeness (QED) is 0.683. The van der Waals surface area contributed by atoms with E-state index >= 15 is 0 Å². The molecular weight excluding hydrogens is 238 g/mol. The fourth-order valence-electron chi connectivity index (χ4n) is 3.67. The van der Waals surface area contributed by atoms with E-state index in [9.17, 15) is 4.79 Å². The zero-order valence-corrected chi connectivity index (χ0v) is 12.9. The summed E-state index contributed by atoms with van der Waals surface area (Å²) in [5.74, 6) is 0.953. The summed E-state index contributed by atoms with van der Waals surface area (Å²) in [6.07, 6.45) is 6.49. The summed E-state index contributed by atoms with van der Waals surface area (Å²) in [6.45, 7) is 10.6. The van der Waals surface area contributed by atoms with E-state index < -0.39 is 0 Å². The molecule has 0 amide bonds. The molecule has 1 aliphatic heterocycles. The first-order chi connectivity index (χ1) is 8.88. The van der Waals surface area contributed by atoms with Crippen molar-refractivity contribution >= 4 is 5.97 Å². The van der Waals surface area contributed by atoms with Crippen LogP contribution in [0.15, 0.2) is 0 Å². The molecule has 1 saturated carbocycles. The highest BCUT2D eigenvalue weighted by Crippen LogP contribution is 2.37. The Labute approximate surface area is 117 Å². The molecule has 1 heterocycles. The number of hydrogen-bond donors (Lipinski definition) is 0. The molecule has 1 aliphatic carbocycles. The molecule has 0 aromatic carbocycles. The minimum absolute atomic E-state index is 0.107. The van der Waals surface area contributed by atoms with Crippen LogP contribution in [0.1, 0.15) is 59.8 Å². The molecule has 0 aromatic heterocycles. The second-order valence-electron chi connectivity index (χ2n) is 7.31. The number of carbonyl (C=O) groups is 1. The maximum absolute atomic E-state index is 11.4. The van der Waals surface area contributed by atoms with Gasteiger partial charge < -0.3 is 4.74 Å². The summed E-state index contributed by atoms with van der Waals surface area (Å²) < 4.78 is 5.69. The third-order valence-electron chi connectivity index (χ3n) is 4.74. The maximum atomic E-state index is 11.4. The fourth-order valence-corrected chi connectivity index (χ4v) is 3.67. The van der Waals surface area contributed by atoms with Gasteiger partial charge >= 0.3 is 5.97 Å². The Morgan fingerprint density at radius 1 is 1.05 bits per heavy atom. The lowest BCUT2D eigenvalue weighted by Crippen LogP contribution is -2.56. The third-order valence-corrected chi connectivity index (χ3v) is 4.74. The number of piperidine rings is 1. The fraction of sp³-hybridized carbons (Fsp3) is 0.938. The Kier molecular flexibility index (Phi) is 4.54. The van der Waals surface area contributed by atoms with Gasteiger partial charge in [0.15, 0.2) is 0 Å².